The summed E-state index contributed by atoms with van der Waals surface area (Å²) in [5, 5.41) is 21.2. The number of ketones is 1. The van der Waals surface area contributed by atoms with Crippen molar-refractivity contribution in [1.82, 2.24) is 0 Å². The Morgan fingerprint density at radius 3 is 2.58 bits per heavy atom. The molecular weight excluding hydrogens is 507 g/mol. The van der Waals surface area contributed by atoms with Gasteiger partial charge in [0, 0.05) is 35.6 Å². The quantitative estimate of drug-likeness (QED) is 0.372. The largest absolute Gasteiger partial charge is 0.613 e. The second-order valence-corrected chi connectivity index (χ2v) is 7.58. The Hall–Kier alpha value is -2.68. The van der Waals surface area contributed by atoms with Crippen LogP contribution >= 0.6 is 24.0 Å². The van der Waals surface area contributed by atoms with Gasteiger partial charge in [0.1, 0.15) is 12.8 Å². The highest BCUT2D eigenvalue weighted by atomic mass is 127. The minimum absolute atomic E-state index is 0. The maximum Gasteiger partial charge on any atom is 0.217 e. The van der Waals surface area contributed by atoms with Crippen molar-refractivity contribution in [2.45, 2.75) is 31.6 Å². The minimum atomic E-state index is -0.670. The fraction of sp³-hybridized carbons (Fsp3) is 0.292. The standard InChI is InChI=1S/C24H24N2O4.HI/c1-3-29-24(28)22-20(16-10-7-11-26(2)14-16)21-18(27)12-17(13-19(21)30-23(22)25)15-8-5-4-6-9-15;/h4-11,14,17,20H,3,12-13H2,1-2H3,(H-,25,28);1H. The zero-order valence-electron chi connectivity index (χ0n) is 17.5. The van der Waals surface area contributed by atoms with Crippen molar-refractivity contribution in [3.8, 4) is 0 Å². The molecule has 0 saturated carbocycles. The average Bonchev–Trinajstić information content (AvgIpc) is 2.73. The average molecular weight is 532 g/mol. The number of aryl methyl sites for hydroxylation is 1. The van der Waals surface area contributed by atoms with Gasteiger partial charge in [-0.15, -0.1) is 24.0 Å². The molecule has 31 heavy (non-hydrogen) atoms. The number of Topliss-reactive ketones (excluding diaryl/α,β-unsaturated/α-hetero) is 1. The molecule has 1 aliphatic heterocycles. The van der Waals surface area contributed by atoms with Gasteiger partial charge in [-0.1, -0.05) is 37.3 Å². The van der Waals surface area contributed by atoms with Gasteiger partial charge in [-0.2, -0.15) is 0 Å². The van der Waals surface area contributed by atoms with Crippen molar-refractivity contribution in [2.24, 2.45) is 7.05 Å². The molecule has 0 saturated heterocycles. The van der Waals surface area contributed by atoms with Gasteiger partial charge in [0.25, 0.3) is 0 Å². The second kappa shape index (κ2) is 9.64. The first-order valence-corrected chi connectivity index (χ1v) is 10.1. The van der Waals surface area contributed by atoms with Gasteiger partial charge >= 0.3 is 0 Å². The number of nitrogens with zero attached hydrogens (tertiary/aromatic N) is 1. The van der Waals surface area contributed by atoms with E-state index in [4.69, 9.17) is 14.9 Å². The molecule has 2 heterocycles. The van der Waals surface area contributed by atoms with E-state index in [9.17, 15) is 9.90 Å². The highest BCUT2D eigenvalue weighted by molar-refractivity contribution is 14.0. The van der Waals surface area contributed by atoms with E-state index < -0.39 is 11.9 Å². The number of pyridine rings is 1. The normalized spacial score (nSPS) is 22.3. The van der Waals surface area contributed by atoms with Crippen LogP contribution in [0.4, 0.5) is 0 Å². The number of benzene rings is 1. The number of carbonyl (C=O) groups is 1. The molecule has 0 spiro atoms. The number of aromatic nitrogens is 1. The molecule has 1 aromatic heterocycles. The molecule has 0 bridgehead atoms. The molecule has 2 atom stereocenters. The van der Waals surface area contributed by atoms with Crippen LogP contribution < -0.4 is 9.67 Å². The number of carbonyl (C=O) groups excluding carboxylic acids is 1. The third-order valence-corrected chi connectivity index (χ3v) is 5.57. The van der Waals surface area contributed by atoms with E-state index in [1.165, 1.54) is 0 Å². The lowest BCUT2D eigenvalue weighted by molar-refractivity contribution is -0.671. The fourth-order valence-electron chi connectivity index (χ4n) is 4.26. The Kier molecular flexibility index (Phi) is 7.15. The van der Waals surface area contributed by atoms with Gasteiger partial charge in [0.2, 0.25) is 5.90 Å². The van der Waals surface area contributed by atoms with Crippen LogP contribution in [0.2, 0.25) is 0 Å². The molecule has 0 amide bonds. The fourth-order valence-corrected chi connectivity index (χ4v) is 4.26. The van der Waals surface area contributed by atoms with E-state index in [-0.39, 0.29) is 53.8 Å². The summed E-state index contributed by atoms with van der Waals surface area (Å²) in [5.74, 6) is -1.13. The van der Waals surface area contributed by atoms with Crippen molar-refractivity contribution in [3.05, 3.63) is 88.8 Å². The van der Waals surface area contributed by atoms with Crippen LogP contribution in [-0.4, -0.2) is 18.3 Å². The van der Waals surface area contributed by atoms with Crippen molar-refractivity contribution in [2.75, 3.05) is 6.61 Å². The predicted octanol–water partition coefficient (Wildman–Crippen LogP) is 3.23. The summed E-state index contributed by atoms with van der Waals surface area (Å²) in [5.41, 5.74) is 2.37. The molecule has 2 unspecified atom stereocenters. The molecule has 1 N–H and O–H groups in total. The first-order valence-electron chi connectivity index (χ1n) is 10.1. The molecular formula is C24H25IN2O4. The molecule has 6 nitrogen and oxygen atoms in total. The number of rotatable bonds is 4. The highest BCUT2D eigenvalue weighted by Crippen LogP contribution is 2.46. The minimum Gasteiger partial charge on any atom is -0.613 e. The molecule has 1 aromatic carbocycles. The topological polar surface area (TPSA) is 86.3 Å². The van der Waals surface area contributed by atoms with Crippen LogP contribution in [0.5, 0.6) is 0 Å². The van der Waals surface area contributed by atoms with Crippen molar-refractivity contribution in [1.29, 1.82) is 5.41 Å². The van der Waals surface area contributed by atoms with E-state index >= 15 is 0 Å². The Morgan fingerprint density at radius 2 is 1.90 bits per heavy atom. The number of allylic oxidation sites excluding steroid dienone is 2. The monoisotopic (exact) mass is 532 g/mol. The van der Waals surface area contributed by atoms with Crippen LogP contribution in [0.25, 0.3) is 0 Å². The zero-order chi connectivity index (χ0) is 21.3. The maximum absolute atomic E-state index is 13.3. The first-order chi connectivity index (χ1) is 14.5. The van der Waals surface area contributed by atoms with E-state index in [0.29, 0.717) is 24.2 Å². The Morgan fingerprint density at radius 1 is 1.19 bits per heavy atom. The summed E-state index contributed by atoms with van der Waals surface area (Å²) in [7, 11) is 1.88. The summed E-state index contributed by atoms with van der Waals surface area (Å²) in [4.78, 5) is 13.3. The summed E-state index contributed by atoms with van der Waals surface area (Å²) < 4.78 is 12.8. The van der Waals surface area contributed by atoms with Crippen LogP contribution in [0.15, 0.2) is 77.7 Å². The smallest absolute Gasteiger partial charge is 0.217 e. The molecule has 4 rings (SSSR count). The lowest BCUT2D eigenvalue weighted by Gasteiger charge is -2.37. The first kappa shape index (κ1) is 23.0. The third kappa shape index (κ3) is 4.51. The van der Waals surface area contributed by atoms with E-state index in [0.717, 1.165) is 11.1 Å². The molecule has 2 aromatic rings. The number of ether oxygens (including phenoxy) is 2. The SMILES string of the molecule is CCO/C([O-])=C1\C(=N)OC2=C(C(=O)CC(c3ccccc3)C2)C1c1ccc[n+](C)c1.I. The molecule has 7 heteroatoms. The number of hydrogen-bond donors (Lipinski definition) is 1. The number of halogens is 1. The van der Waals surface area contributed by atoms with Crippen molar-refractivity contribution >= 4 is 35.7 Å². The van der Waals surface area contributed by atoms with Gasteiger partial charge in [-0.25, -0.2) is 4.57 Å². The van der Waals surface area contributed by atoms with Crippen LogP contribution in [0.3, 0.4) is 0 Å². The Bertz CT molecular complexity index is 1060. The molecule has 0 fully saturated rings. The molecule has 2 aliphatic rings. The molecule has 162 valence electrons. The van der Waals surface area contributed by atoms with Gasteiger partial charge < -0.3 is 14.6 Å². The van der Waals surface area contributed by atoms with Gasteiger partial charge in [-0.05, 0) is 24.2 Å². The summed E-state index contributed by atoms with van der Waals surface area (Å²) >= 11 is 0. The summed E-state index contributed by atoms with van der Waals surface area (Å²) in [6.45, 7) is 1.89. The van der Waals surface area contributed by atoms with Gasteiger partial charge in [-0.3, -0.25) is 10.2 Å². The lowest BCUT2D eigenvalue weighted by Crippen LogP contribution is -2.36. The maximum atomic E-state index is 13.3. The summed E-state index contributed by atoms with van der Waals surface area (Å²) in [6, 6.07) is 13.6. The lowest BCUT2D eigenvalue weighted by atomic mass is 9.73. The van der Waals surface area contributed by atoms with Crippen LogP contribution in [0, 0.1) is 5.41 Å². The number of hydrogen-bond acceptors (Lipinski definition) is 5. The van der Waals surface area contributed by atoms with Crippen molar-refractivity contribution in [3.63, 3.8) is 0 Å². The summed E-state index contributed by atoms with van der Waals surface area (Å²) in [6.07, 6.45) is 4.59. The predicted molar refractivity (Wildman–Crippen MR) is 124 cm³/mol. The van der Waals surface area contributed by atoms with Gasteiger partial charge in [0.15, 0.2) is 18.2 Å². The van der Waals surface area contributed by atoms with E-state index in [1.54, 1.807) is 6.92 Å². The van der Waals surface area contributed by atoms with Crippen LogP contribution in [0.1, 0.15) is 42.7 Å². The second-order valence-electron chi connectivity index (χ2n) is 7.58. The third-order valence-electron chi connectivity index (χ3n) is 5.57. The Balaban J connectivity index is 0.00000272. The zero-order valence-corrected chi connectivity index (χ0v) is 19.8. The molecule has 1 aliphatic carbocycles. The van der Waals surface area contributed by atoms with Crippen molar-refractivity contribution < 1.29 is 23.9 Å². The van der Waals surface area contributed by atoms with E-state index in [2.05, 4.69) is 0 Å². The molecule has 0 radical (unpaired) electrons. The highest BCUT2D eigenvalue weighted by Gasteiger charge is 2.42. The van der Waals surface area contributed by atoms with Gasteiger partial charge in [0.05, 0.1) is 11.9 Å². The Labute approximate surface area is 198 Å². The van der Waals surface area contributed by atoms with Crippen LogP contribution in [-0.2, 0) is 21.3 Å². The van der Waals surface area contributed by atoms with E-state index in [1.807, 2.05) is 66.5 Å². The number of nitrogens with one attached hydrogen (secondary N) is 1.